The Hall–Kier alpha value is -0.670. The molecule has 1 aromatic rings. The van der Waals surface area contributed by atoms with Crippen LogP contribution in [0.1, 0.15) is 48.2 Å². The molecule has 0 saturated carbocycles. The quantitative estimate of drug-likeness (QED) is 0.709. The molecule has 0 aliphatic rings. The maximum absolute atomic E-state index is 11.9. The van der Waals surface area contributed by atoms with E-state index in [-0.39, 0.29) is 11.4 Å². The Morgan fingerprint density at radius 1 is 1.44 bits per heavy atom. The van der Waals surface area contributed by atoms with Gasteiger partial charge in [0.2, 0.25) is 0 Å². The average molecular weight is 240 g/mol. The highest BCUT2D eigenvalue weighted by Gasteiger charge is 2.19. The van der Waals surface area contributed by atoms with Crippen LogP contribution in [0.3, 0.4) is 0 Å². The maximum Gasteiger partial charge on any atom is 0.172 e. The molecule has 0 radical (unpaired) electrons. The standard InChI is InChI=1S/C13H20O2S/c1-5-10-6-7-12(16-10)11(14)8-9-13(2,3)15-4/h6-7H,5,8-9H2,1-4H3. The van der Waals surface area contributed by atoms with Gasteiger partial charge >= 0.3 is 0 Å². The van der Waals surface area contributed by atoms with E-state index >= 15 is 0 Å². The van der Waals surface area contributed by atoms with Crippen molar-refractivity contribution in [3.05, 3.63) is 21.9 Å². The first-order valence-electron chi connectivity index (χ1n) is 5.65. The van der Waals surface area contributed by atoms with Crippen molar-refractivity contribution in [2.45, 2.75) is 45.6 Å². The first kappa shape index (κ1) is 13.4. The second kappa shape index (κ2) is 5.60. The molecular formula is C13H20O2S. The summed E-state index contributed by atoms with van der Waals surface area (Å²) in [5, 5.41) is 0. The van der Waals surface area contributed by atoms with Gasteiger partial charge in [-0.2, -0.15) is 0 Å². The molecule has 0 atom stereocenters. The molecule has 0 bridgehead atoms. The van der Waals surface area contributed by atoms with Crippen LogP contribution in [-0.4, -0.2) is 18.5 Å². The fourth-order valence-corrected chi connectivity index (χ4v) is 2.27. The van der Waals surface area contributed by atoms with E-state index in [0.29, 0.717) is 6.42 Å². The molecule has 0 amide bonds. The molecule has 0 unspecified atom stereocenters. The Morgan fingerprint density at radius 3 is 2.62 bits per heavy atom. The summed E-state index contributed by atoms with van der Waals surface area (Å²) in [6.07, 6.45) is 2.33. The van der Waals surface area contributed by atoms with Crippen molar-refractivity contribution in [2.75, 3.05) is 7.11 Å². The van der Waals surface area contributed by atoms with Crippen LogP contribution in [0.25, 0.3) is 0 Å². The predicted molar refractivity (Wildman–Crippen MR) is 68.3 cm³/mol. The van der Waals surface area contributed by atoms with Gasteiger partial charge in [0.15, 0.2) is 5.78 Å². The number of hydrogen-bond donors (Lipinski definition) is 0. The van der Waals surface area contributed by atoms with Gasteiger partial charge in [-0.15, -0.1) is 11.3 Å². The topological polar surface area (TPSA) is 26.3 Å². The number of Topliss-reactive ketones (excluding diaryl/α,β-unsaturated/α-hetero) is 1. The molecule has 1 rings (SSSR count). The van der Waals surface area contributed by atoms with Gasteiger partial charge in [0.05, 0.1) is 10.5 Å². The number of aryl methyl sites for hydroxylation is 1. The molecule has 0 spiro atoms. The first-order valence-corrected chi connectivity index (χ1v) is 6.47. The number of thiophene rings is 1. The third-order valence-electron chi connectivity index (χ3n) is 2.79. The summed E-state index contributed by atoms with van der Waals surface area (Å²) < 4.78 is 5.30. The molecule has 1 aromatic heterocycles. The Bertz CT molecular complexity index is 353. The molecule has 0 aliphatic heterocycles. The Kier molecular flexibility index (Phi) is 4.69. The fraction of sp³-hybridized carbons (Fsp3) is 0.615. The third kappa shape index (κ3) is 3.72. The predicted octanol–water partition coefficient (Wildman–Crippen LogP) is 3.70. The zero-order valence-corrected chi connectivity index (χ0v) is 11.3. The van der Waals surface area contributed by atoms with Crippen molar-refractivity contribution < 1.29 is 9.53 Å². The molecule has 0 saturated heterocycles. The summed E-state index contributed by atoms with van der Waals surface area (Å²) in [7, 11) is 1.69. The van der Waals surface area contributed by atoms with E-state index in [9.17, 15) is 4.79 Å². The number of hydrogen-bond acceptors (Lipinski definition) is 3. The van der Waals surface area contributed by atoms with Gasteiger partial charge in [0.25, 0.3) is 0 Å². The van der Waals surface area contributed by atoms with Crippen molar-refractivity contribution in [1.29, 1.82) is 0 Å². The van der Waals surface area contributed by atoms with E-state index in [2.05, 4.69) is 6.92 Å². The smallest absolute Gasteiger partial charge is 0.172 e. The summed E-state index contributed by atoms with van der Waals surface area (Å²) in [5.41, 5.74) is -0.208. The molecule has 16 heavy (non-hydrogen) atoms. The van der Waals surface area contributed by atoms with E-state index in [1.165, 1.54) is 4.88 Å². The monoisotopic (exact) mass is 240 g/mol. The number of carbonyl (C=O) groups is 1. The van der Waals surface area contributed by atoms with E-state index in [1.54, 1.807) is 18.4 Å². The van der Waals surface area contributed by atoms with Gasteiger partial charge in [-0.25, -0.2) is 0 Å². The van der Waals surface area contributed by atoms with E-state index in [4.69, 9.17) is 4.74 Å². The van der Waals surface area contributed by atoms with Crippen molar-refractivity contribution in [2.24, 2.45) is 0 Å². The highest BCUT2D eigenvalue weighted by molar-refractivity contribution is 7.14. The van der Waals surface area contributed by atoms with Crippen molar-refractivity contribution in [3.63, 3.8) is 0 Å². The molecule has 1 heterocycles. The molecule has 0 N–H and O–H groups in total. The van der Waals surface area contributed by atoms with Gasteiger partial charge in [0, 0.05) is 18.4 Å². The molecule has 90 valence electrons. The normalized spacial score (nSPS) is 11.8. The minimum Gasteiger partial charge on any atom is -0.379 e. The highest BCUT2D eigenvalue weighted by Crippen LogP contribution is 2.22. The van der Waals surface area contributed by atoms with E-state index in [0.717, 1.165) is 17.7 Å². The van der Waals surface area contributed by atoms with Gasteiger partial charge in [-0.05, 0) is 38.8 Å². The van der Waals surface area contributed by atoms with Crippen molar-refractivity contribution in [3.8, 4) is 0 Å². The van der Waals surface area contributed by atoms with Crippen LogP contribution in [0.15, 0.2) is 12.1 Å². The van der Waals surface area contributed by atoms with Gasteiger partial charge in [-0.1, -0.05) is 6.92 Å². The SMILES string of the molecule is CCc1ccc(C(=O)CCC(C)(C)OC)s1. The number of ether oxygens (including phenoxy) is 1. The minimum absolute atomic E-state index is 0.208. The van der Waals surface area contributed by atoms with Crippen LogP contribution in [0.5, 0.6) is 0 Å². The first-order chi connectivity index (χ1) is 7.48. The van der Waals surface area contributed by atoms with E-state index < -0.39 is 0 Å². The largest absolute Gasteiger partial charge is 0.379 e. The summed E-state index contributed by atoms with van der Waals surface area (Å²) in [5.74, 6) is 0.231. The molecule has 2 nitrogen and oxygen atoms in total. The average Bonchev–Trinajstić information content (AvgIpc) is 2.74. The zero-order chi connectivity index (χ0) is 12.2. The van der Waals surface area contributed by atoms with Crippen molar-refractivity contribution in [1.82, 2.24) is 0 Å². The number of rotatable bonds is 6. The highest BCUT2D eigenvalue weighted by atomic mass is 32.1. The van der Waals surface area contributed by atoms with Gasteiger partial charge in [0.1, 0.15) is 0 Å². The maximum atomic E-state index is 11.9. The zero-order valence-electron chi connectivity index (χ0n) is 10.5. The number of methoxy groups -OCH3 is 1. The second-order valence-electron chi connectivity index (χ2n) is 4.51. The lowest BCUT2D eigenvalue weighted by molar-refractivity contribution is 0.0142. The second-order valence-corrected chi connectivity index (χ2v) is 5.67. The molecule has 0 aromatic carbocycles. The summed E-state index contributed by atoms with van der Waals surface area (Å²) in [6.45, 7) is 6.12. The summed E-state index contributed by atoms with van der Waals surface area (Å²) in [4.78, 5) is 14.0. The molecular weight excluding hydrogens is 220 g/mol. The summed E-state index contributed by atoms with van der Waals surface area (Å²) in [6, 6.07) is 3.98. The van der Waals surface area contributed by atoms with Crippen LogP contribution in [0.4, 0.5) is 0 Å². The Balaban J connectivity index is 2.53. The van der Waals surface area contributed by atoms with E-state index in [1.807, 2.05) is 26.0 Å². The lowest BCUT2D eigenvalue weighted by Crippen LogP contribution is -2.23. The number of ketones is 1. The van der Waals surface area contributed by atoms with Gasteiger partial charge < -0.3 is 4.74 Å². The minimum atomic E-state index is -0.208. The lowest BCUT2D eigenvalue weighted by atomic mass is 10.0. The van der Waals surface area contributed by atoms with Crippen LogP contribution >= 0.6 is 11.3 Å². The fourth-order valence-electron chi connectivity index (χ4n) is 1.36. The molecule has 0 aliphatic carbocycles. The van der Waals surface area contributed by atoms with Crippen LogP contribution in [0.2, 0.25) is 0 Å². The summed E-state index contributed by atoms with van der Waals surface area (Å²) >= 11 is 1.61. The van der Waals surface area contributed by atoms with Gasteiger partial charge in [-0.3, -0.25) is 4.79 Å². The third-order valence-corrected chi connectivity index (χ3v) is 4.06. The Morgan fingerprint density at radius 2 is 2.12 bits per heavy atom. The van der Waals surface area contributed by atoms with Crippen LogP contribution < -0.4 is 0 Å². The Labute approximate surface area is 102 Å². The lowest BCUT2D eigenvalue weighted by Gasteiger charge is -2.21. The van der Waals surface area contributed by atoms with Crippen molar-refractivity contribution >= 4 is 17.1 Å². The van der Waals surface area contributed by atoms with Crippen LogP contribution in [-0.2, 0) is 11.2 Å². The van der Waals surface area contributed by atoms with Crippen LogP contribution in [0, 0.1) is 0 Å². The molecule has 0 fully saturated rings. The number of carbonyl (C=O) groups excluding carboxylic acids is 1. The molecule has 3 heteroatoms.